The zero-order valence-electron chi connectivity index (χ0n) is 11.3. The molecule has 2 rings (SSSR count). The van der Waals surface area contributed by atoms with Gasteiger partial charge < -0.3 is 15.4 Å². The van der Waals surface area contributed by atoms with E-state index >= 15 is 0 Å². The summed E-state index contributed by atoms with van der Waals surface area (Å²) in [5, 5.41) is 6.47. The van der Waals surface area contributed by atoms with Gasteiger partial charge in [0.15, 0.2) is 0 Å². The van der Waals surface area contributed by atoms with Crippen LogP contribution in [0.5, 0.6) is 0 Å². The lowest BCUT2D eigenvalue weighted by Crippen LogP contribution is -2.56. The molecule has 0 radical (unpaired) electrons. The highest BCUT2D eigenvalue weighted by Crippen LogP contribution is 2.12. The van der Waals surface area contributed by atoms with E-state index in [-0.39, 0.29) is 11.9 Å². The van der Waals surface area contributed by atoms with Crippen molar-refractivity contribution in [3.05, 3.63) is 0 Å². The Hall–Kier alpha value is -0.650. The molecule has 0 bridgehead atoms. The summed E-state index contributed by atoms with van der Waals surface area (Å²) in [7, 11) is 0. The highest BCUT2D eigenvalue weighted by atomic mass is 16.5. The smallest absolute Gasteiger partial charge is 0.239 e. The maximum Gasteiger partial charge on any atom is 0.239 e. The molecule has 1 amide bonds. The largest absolute Gasteiger partial charge is 0.378 e. The predicted molar refractivity (Wildman–Crippen MR) is 70.5 cm³/mol. The molecule has 2 N–H and O–H groups in total. The second-order valence-electron chi connectivity index (χ2n) is 5.17. The molecule has 2 saturated heterocycles. The zero-order valence-corrected chi connectivity index (χ0v) is 11.3. The average molecular weight is 255 g/mol. The van der Waals surface area contributed by atoms with Crippen LogP contribution in [-0.2, 0) is 9.53 Å². The van der Waals surface area contributed by atoms with Gasteiger partial charge in [0.05, 0.1) is 13.2 Å². The van der Waals surface area contributed by atoms with Crippen LogP contribution in [-0.4, -0.2) is 62.3 Å². The number of carbonyl (C=O) groups excluding carboxylic acids is 1. The SMILES string of the molecule is CCCNC(=O)C1COCCN1C[C@H]1CCCN1. The van der Waals surface area contributed by atoms with Crippen molar-refractivity contribution in [2.75, 3.05) is 39.4 Å². The van der Waals surface area contributed by atoms with Crippen LogP contribution >= 0.6 is 0 Å². The monoisotopic (exact) mass is 255 g/mol. The molecule has 0 spiro atoms. The summed E-state index contributed by atoms with van der Waals surface area (Å²) >= 11 is 0. The molecular formula is C13H25N3O2. The Bertz CT molecular complexity index is 267. The van der Waals surface area contributed by atoms with Gasteiger partial charge in [0, 0.05) is 25.7 Å². The molecule has 5 heteroatoms. The molecule has 0 aromatic carbocycles. The van der Waals surface area contributed by atoms with Gasteiger partial charge in [-0.05, 0) is 25.8 Å². The predicted octanol–water partition coefficient (Wildman–Crippen LogP) is -0.0346. The number of carbonyl (C=O) groups is 1. The van der Waals surface area contributed by atoms with Crippen LogP contribution in [0.4, 0.5) is 0 Å². The molecule has 5 nitrogen and oxygen atoms in total. The van der Waals surface area contributed by atoms with Gasteiger partial charge in [-0.1, -0.05) is 6.92 Å². The standard InChI is InChI=1S/C13H25N3O2/c1-2-5-15-13(17)12-10-18-8-7-16(12)9-11-4-3-6-14-11/h11-12,14H,2-10H2,1H3,(H,15,17)/t11-,12?/m1/s1. The van der Waals surface area contributed by atoms with E-state index in [0.29, 0.717) is 12.6 Å². The minimum absolute atomic E-state index is 0.104. The highest BCUT2D eigenvalue weighted by molar-refractivity contribution is 5.82. The molecule has 2 atom stereocenters. The third-order valence-electron chi connectivity index (χ3n) is 3.71. The number of nitrogens with one attached hydrogen (secondary N) is 2. The van der Waals surface area contributed by atoms with E-state index < -0.39 is 0 Å². The molecular weight excluding hydrogens is 230 g/mol. The van der Waals surface area contributed by atoms with Gasteiger partial charge in [-0.3, -0.25) is 9.69 Å². The number of rotatable bonds is 5. The first-order chi connectivity index (χ1) is 8.81. The average Bonchev–Trinajstić information content (AvgIpc) is 2.89. The summed E-state index contributed by atoms with van der Waals surface area (Å²) in [6.45, 7) is 7.03. The molecule has 2 fully saturated rings. The topological polar surface area (TPSA) is 53.6 Å². The Balaban J connectivity index is 1.85. The zero-order chi connectivity index (χ0) is 12.8. The van der Waals surface area contributed by atoms with Gasteiger partial charge >= 0.3 is 0 Å². The Morgan fingerprint density at radius 1 is 1.56 bits per heavy atom. The van der Waals surface area contributed by atoms with Crippen LogP contribution in [0.3, 0.4) is 0 Å². The summed E-state index contributed by atoms with van der Waals surface area (Å²) in [6, 6.07) is 0.442. The molecule has 0 aliphatic carbocycles. The van der Waals surface area contributed by atoms with E-state index in [1.807, 2.05) is 0 Å². The Morgan fingerprint density at radius 2 is 2.44 bits per heavy atom. The first-order valence-electron chi connectivity index (χ1n) is 7.14. The highest BCUT2D eigenvalue weighted by Gasteiger charge is 2.31. The Kier molecular flexibility index (Phi) is 5.41. The molecule has 2 heterocycles. The summed E-state index contributed by atoms with van der Waals surface area (Å²) in [5.74, 6) is 0.120. The second kappa shape index (κ2) is 7.07. The van der Waals surface area contributed by atoms with Gasteiger partial charge in [-0.15, -0.1) is 0 Å². The van der Waals surface area contributed by atoms with Gasteiger partial charge in [0.2, 0.25) is 5.91 Å². The van der Waals surface area contributed by atoms with Crippen molar-refractivity contribution in [2.45, 2.75) is 38.3 Å². The number of ether oxygens (including phenoxy) is 1. The van der Waals surface area contributed by atoms with Crippen molar-refractivity contribution in [1.82, 2.24) is 15.5 Å². The van der Waals surface area contributed by atoms with Crippen molar-refractivity contribution >= 4 is 5.91 Å². The number of amides is 1. The summed E-state index contributed by atoms with van der Waals surface area (Å²) in [5.41, 5.74) is 0. The van der Waals surface area contributed by atoms with E-state index in [0.717, 1.165) is 39.2 Å². The lowest BCUT2D eigenvalue weighted by atomic mass is 10.1. The van der Waals surface area contributed by atoms with Crippen LogP contribution in [0.2, 0.25) is 0 Å². The summed E-state index contributed by atoms with van der Waals surface area (Å²) in [6.07, 6.45) is 3.45. The van der Waals surface area contributed by atoms with Crippen molar-refractivity contribution in [3.8, 4) is 0 Å². The van der Waals surface area contributed by atoms with E-state index in [1.54, 1.807) is 0 Å². The molecule has 104 valence electrons. The van der Waals surface area contributed by atoms with E-state index in [1.165, 1.54) is 12.8 Å². The summed E-state index contributed by atoms with van der Waals surface area (Å²) < 4.78 is 5.46. The minimum Gasteiger partial charge on any atom is -0.378 e. The maximum atomic E-state index is 12.1. The Labute approximate surface area is 109 Å². The number of morpholine rings is 1. The van der Waals surface area contributed by atoms with Crippen molar-refractivity contribution in [1.29, 1.82) is 0 Å². The first-order valence-corrected chi connectivity index (χ1v) is 7.14. The fourth-order valence-electron chi connectivity index (χ4n) is 2.66. The number of hydrogen-bond acceptors (Lipinski definition) is 4. The van der Waals surface area contributed by atoms with Crippen LogP contribution in [0, 0.1) is 0 Å². The van der Waals surface area contributed by atoms with Gasteiger partial charge in [0.25, 0.3) is 0 Å². The molecule has 18 heavy (non-hydrogen) atoms. The number of nitrogens with zero attached hydrogens (tertiary/aromatic N) is 1. The van der Waals surface area contributed by atoms with Crippen LogP contribution in [0.25, 0.3) is 0 Å². The van der Waals surface area contributed by atoms with Crippen molar-refractivity contribution in [2.24, 2.45) is 0 Å². The fourth-order valence-corrected chi connectivity index (χ4v) is 2.66. The molecule has 2 aliphatic rings. The van der Waals surface area contributed by atoms with E-state index in [2.05, 4.69) is 22.5 Å². The molecule has 0 aromatic rings. The molecule has 0 aromatic heterocycles. The van der Waals surface area contributed by atoms with E-state index in [4.69, 9.17) is 4.74 Å². The van der Waals surface area contributed by atoms with Crippen LogP contribution < -0.4 is 10.6 Å². The lowest BCUT2D eigenvalue weighted by molar-refractivity contribution is -0.132. The van der Waals surface area contributed by atoms with Crippen LogP contribution in [0.1, 0.15) is 26.2 Å². The van der Waals surface area contributed by atoms with Gasteiger partial charge in [-0.25, -0.2) is 0 Å². The Morgan fingerprint density at radius 3 is 3.17 bits per heavy atom. The quantitative estimate of drug-likeness (QED) is 0.724. The third kappa shape index (κ3) is 3.67. The summed E-state index contributed by atoms with van der Waals surface area (Å²) in [4.78, 5) is 14.4. The van der Waals surface area contributed by atoms with Crippen LogP contribution in [0.15, 0.2) is 0 Å². The van der Waals surface area contributed by atoms with Crippen molar-refractivity contribution in [3.63, 3.8) is 0 Å². The minimum atomic E-state index is -0.104. The fraction of sp³-hybridized carbons (Fsp3) is 0.923. The molecule has 1 unspecified atom stereocenters. The molecule has 0 saturated carbocycles. The maximum absolute atomic E-state index is 12.1. The number of hydrogen-bond donors (Lipinski definition) is 2. The lowest BCUT2D eigenvalue weighted by Gasteiger charge is -2.36. The van der Waals surface area contributed by atoms with Gasteiger partial charge in [-0.2, -0.15) is 0 Å². The van der Waals surface area contributed by atoms with Gasteiger partial charge in [0.1, 0.15) is 6.04 Å². The third-order valence-corrected chi connectivity index (χ3v) is 3.71. The second-order valence-corrected chi connectivity index (χ2v) is 5.17. The first kappa shape index (κ1) is 13.8. The van der Waals surface area contributed by atoms with Crippen molar-refractivity contribution < 1.29 is 9.53 Å². The molecule has 2 aliphatic heterocycles. The van der Waals surface area contributed by atoms with E-state index in [9.17, 15) is 4.79 Å². The normalized spacial score (nSPS) is 29.4.